The lowest BCUT2D eigenvalue weighted by atomic mass is 10.1. The highest BCUT2D eigenvalue weighted by Gasteiger charge is 2.29. The van der Waals surface area contributed by atoms with Crippen LogP contribution in [0.4, 0.5) is 0 Å². The molecule has 0 amide bonds. The molecule has 1 aliphatic heterocycles. The van der Waals surface area contributed by atoms with E-state index in [1.165, 1.54) is 0 Å². The minimum Gasteiger partial charge on any atom is -0.468 e. The van der Waals surface area contributed by atoms with Gasteiger partial charge in [0, 0.05) is 13.0 Å². The number of rotatable bonds is 3. The molecule has 0 spiro atoms. The SMILES string of the molecule is COC(=O)CS(=O)(=O)N1CCCC(=O)C1. The number of esters is 1. The van der Waals surface area contributed by atoms with Crippen molar-refractivity contribution in [2.75, 3.05) is 26.0 Å². The smallest absolute Gasteiger partial charge is 0.322 e. The number of carbonyl (C=O) groups is 2. The molecule has 0 saturated carbocycles. The standard InChI is InChI=1S/C8H13NO5S/c1-14-8(11)6-15(12,13)9-4-2-3-7(10)5-9/h2-6H2,1H3. The van der Waals surface area contributed by atoms with Gasteiger partial charge >= 0.3 is 5.97 Å². The molecule has 0 aromatic rings. The van der Waals surface area contributed by atoms with Gasteiger partial charge in [-0.1, -0.05) is 0 Å². The maximum absolute atomic E-state index is 11.6. The van der Waals surface area contributed by atoms with Crippen LogP contribution >= 0.6 is 0 Å². The number of Topliss-reactive ketones (excluding diaryl/α,β-unsaturated/α-hetero) is 1. The molecule has 0 aromatic carbocycles. The molecule has 1 heterocycles. The molecule has 0 bridgehead atoms. The summed E-state index contributed by atoms with van der Waals surface area (Å²) in [5, 5.41) is 0. The van der Waals surface area contributed by atoms with Crippen molar-refractivity contribution in [1.29, 1.82) is 0 Å². The van der Waals surface area contributed by atoms with Gasteiger partial charge in [0.05, 0.1) is 13.7 Å². The lowest BCUT2D eigenvalue weighted by Gasteiger charge is -2.24. The molecular formula is C8H13NO5S. The van der Waals surface area contributed by atoms with Crippen LogP contribution in [0.5, 0.6) is 0 Å². The first-order valence-electron chi connectivity index (χ1n) is 4.52. The number of carbonyl (C=O) groups excluding carboxylic acids is 2. The molecule has 0 unspecified atom stereocenters. The monoisotopic (exact) mass is 235 g/mol. The highest BCUT2D eigenvalue weighted by molar-refractivity contribution is 7.89. The topological polar surface area (TPSA) is 80.8 Å². The molecule has 1 aliphatic rings. The Morgan fingerprint density at radius 2 is 2.20 bits per heavy atom. The Balaban J connectivity index is 2.68. The van der Waals surface area contributed by atoms with Gasteiger partial charge in [0.1, 0.15) is 5.78 Å². The summed E-state index contributed by atoms with van der Waals surface area (Å²) >= 11 is 0. The Morgan fingerprint density at radius 1 is 1.53 bits per heavy atom. The van der Waals surface area contributed by atoms with Crippen LogP contribution in [0.3, 0.4) is 0 Å². The van der Waals surface area contributed by atoms with Crippen molar-refractivity contribution < 1.29 is 22.7 Å². The van der Waals surface area contributed by atoms with E-state index >= 15 is 0 Å². The molecule has 1 fully saturated rings. The van der Waals surface area contributed by atoms with Gasteiger partial charge in [-0.05, 0) is 6.42 Å². The summed E-state index contributed by atoms with van der Waals surface area (Å²) in [6.07, 6.45) is 0.920. The lowest BCUT2D eigenvalue weighted by Crippen LogP contribution is -2.42. The minimum absolute atomic E-state index is 0.116. The van der Waals surface area contributed by atoms with E-state index < -0.39 is 21.7 Å². The quantitative estimate of drug-likeness (QED) is 0.595. The fraction of sp³-hybridized carbons (Fsp3) is 0.750. The maximum atomic E-state index is 11.6. The van der Waals surface area contributed by atoms with E-state index in [-0.39, 0.29) is 12.3 Å². The average Bonchev–Trinajstić information content (AvgIpc) is 2.17. The predicted molar refractivity (Wildman–Crippen MR) is 51.6 cm³/mol. The molecule has 1 rings (SSSR count). The lowest BCUT2D eigenvalue weighted by molar-refractivity contribution is -0.137. The third kappa shape index (κ3) is 3.28. The molecule has 86 valence electrons. The Labute approximate surface area is 88.2 Å². The molecular weight excluding hydrogens is 222 g/mol. The first-order chi connectivity index (χ1) is 6.95. The van der Waals surface area contributed by atoms with Gasteiger partial charge in [0.2, 0.25) is 10.0 Å². The second-order valence-electron chi connectivity index (χ2n) is 3.31. The van der Waals surface area contributed by atoms with Crippen molar-refractivity contribution in [3.05, 3.63) is 0 Å². The fourth-order valence-corrected chi connectivity index (χ4v) is 2.69. The van der Waals surface area contributed by atoms with Crippen LogP contribution in [0.1, 0.15) is 12.8 Å². The van der Waals surface area contributed by atoms with Gasteiger partial charge in [-0.2, -0.15) is 4.31 Å². The van der Waals surface area contributed by atoms with Gasteiger partial charge in [-0.3, -0.25) is 9.59 Å². The largest absolute Gasteiger partial charge is 0.468 e. The fourth-order valence-electron chi connectivity index (χ4n) is 1.34. The summed E-state index contributed by atoms with van der Waals surface area (Å²) in [5.74, 6) is -1.63. The van der Waals surface area contributed by atoms with Crippen molar-refractivity contribution in [2.45, 2.75) is 12.8 Å². The van der Waals surface area contributed by atoms with Crippen LogP contribution in [0.25, 0.3) is 0 Å². The number of hydrogen-bond acceptors (Lipinski definition) is 5. The zero-order chi connectivity index (χ0) is 11.5. The van der Waals surface area contributed by atoms with Crippen molar-refractivity contribution in [3.8, 4) is 0 Å². The molecule has 0 atom stereocenters. The molecule has 7 heteroatoms. The Kier molecular flexibility index (Phi) is 3.81. The second-order valence-corrected chi connectivity index (χ2v) is 5.28. The predicted octanol–water partition coefficient (Wildman–Crippen LogP) is -0.846. The molecule has 6 nitrogen and oxygen atoms in total. The van der Waals surface area contributed by atoms with Gasteiger partial charge < -0.3 is 4.74 Å². The van der Waals surface area contributed by atoms with Crippen LogP contribution in [0.15, 0.2) is 0 Å². The molecule has 0 aliphatic carbocycles. The van der Waals surface area contributed by atoms with Crippen molar-refractivity contribution in [3.63, 3.8) is 0 Å². The highest BCUT2D eigenvalue weighted by atomic mass is 32.2. The number of nitrogens with zero attached hydrogens (tertiary/aromatic N) is 1. The minimum atomic E-state index is -3.69. The summed E-state index contributed by atoms with van der Waals surface area (Å²) in [6, 6.07) is 0. The van der Waals surface area contributed by atoms with E-state index in [9.17, 15) is 18.0 Å². The second kappa shape index (κ2) is 4.71. The van der Waals surface area contributed by atoms with Gasteiger partial charge in [-0.25, -0.2) is 8.42 Å². The summed E-state index contributed by atoms with van der Waals surface area (Å²) < 4.78 is 28.5. The first-order valence-corrected chi connectivity index (χ1v) is 6.13. The summed E-state index contributed by atoms with van der Waals surface area (Å²) in [5.41, 5.74) is 0. The van der Waals surface area contributed by atoms with Crippen molar-refractivity contribution in [2.24, 2.45) is 0 Å². The zero-order valence-electron chi connectivity index (χ0n) is 8.43. The van der Waals surface area contributed by atoms with E-state index in [2.05, 4.69) is 4.74 Å². The van der Waals surface area contributed by atoms with Gasteiger partial charge in [0.15, 0.2) is 5.75 Å². The summed E-state index contributed by atoms with van der Waals surface area (Å²) in [7, 11) is -2.57. The van der Waals surface area contributed by atoms with Crippen LogP contribution in [-0.4, -0.2) is 50.4 Å². The van der Waals surface area contributed by atoms with E-state index in [1.54, 1.807) is 0 Å². The molecule has 15 heavy (non-hydrogen) atoms. The zero-order valence-corrected chi connectivity index (χ0v) is 9.25. The highest BCUT2D eigenvalue weighted by Crippen LogP contribution is 2.11. The van der Waals surface area contributed by atoms with Gasteiger partial charge in [0.25, 0.3) is 0 Å². The number of ketones is 1. The van der Waals surface area contributed by atoms with Gasteiger partial charge in [-0.15, -0.1) is 0 Å². The van der Waals surface area contributed by atoms with Crippen LogP contribution in [0, 0.1) is 0 Å². The van der Waals surface area contributed by atoms with Crippen LogP contribution < -0.4 is 0 Å². The number of hydrogen-bond donors (Lipinski definition) is 0. The molecule has 0 radical (unpaired) electrons. The van der Waals surface area contributed by atoms with E-state index in [0.717, 1.165) is 11.4 Å². The van der Waals surface area contributed by atoms with E-state index in [4.69, 9.17) is 0 Å². The van der Waals surface area contributed by atoms with Crippen LogP contribution in [0.2, 0.25) is 0 Å². The Morgan fingerprint density at radius 3 is 2.73 bits per heavy atom. The number of piperidine rings is 1. The molecule has 0 N–H and O–H groups in total. The number of ether oxygens (including phenoxy) is 1. The molecule has 0 aromatic heterocycles. The Bertz CT molecular complexity index is 361. The number of methoxy groups -OCH3 is 1. The van der Waals surface area contributed by atoms with Crippen molar-refractivity contribution in [1.82, 2.24) is 4.31 Å². The third-order valence-corrected chi connectivity index (χ3v) is 3.84. The third-order valence-electron chi connectivity index (χ3n) is 2.14. The van der Waals surface area contributed by atoms with Crippen molar-refractivity contribution >= 4 is 21.8 Å². The normalized spacial score (nSPS) is 18.9. The summed E-state index contributed by atoms with van der Waals surface area (Å²) in [6.45, 7) is 0.171. The van der Waals surface area contributed by atoms with Crippen LogP contribution in [-0.2, 0) is 24.3 Å². The Hall–Kier alpha value is -0.950. The van der Waals surface area contributed by atoms with E-state index in [0.29, 0.717) is 19.4 Å². The number of sulfonamides is 1. The average molecular weight is 235 g/mol. The molecule has 1 saturated heterocycles. The summed E-state index contributed by atoms with van der Waals surface area (Å²) in [4.78, 5) is 21.9. The van der Waals surface area contributed by atoms with E-state index in [1.807, 2.05) is 0 Å². The first kappa shape index (κ1) is 12.1. The maximum Gasteiger partial charge on any atom is 0.322 e.